The van der Waals surface area contributed by atoms with E-state index >= 15 is 0 Å². The molecule has 3 fully saturated rings. The molecule has 3 aromatic carbocycles. The summed E-state index contributed by atoms with van der Waals surface area (Å²) in [5.41, 5.74) is 44.7. The summed E-state index contributed by atoms with van der Waals surface area (Å²) in [6.45, 7) is 18.1. The molecule has 0 spiro atoms. The number of hydroxylamine groups is 6. The third-order valence-corrected chi connectivity index (χ3v) is 25.5. The molecule has 0 unspecified atom stereocenters. The summed E-state index contributed by atoms with van der Waals surface area (Å²) in [7, 11) is -6.64. The summed E-state index contributed by atoms with van der Waals surface area (Å²) in [6, 6.07) is 17.5. The standard InChI is InChI=1S/2C28H40N8O8S2.C26H36N8O8S2/c2*1-28(2)21(25(38)36(28)44-46(39,40)41)15-23(37)24(22-17-45-27(30)32-22)33-43-13-12-42-20-7-6-19-16-35(11-8-18(19)14-20)26(29)31-9-5-10-34(3)4;1-26(2)19(23(36)34(26)42-44(37,38)39)13-21(35)22(20-15-43-25(29)31-20)32-41-11-10-40-18-5-4-17-14-33(9-6-16(17)12-18)24(28)30-8-3-7-27/h2*6-7,14,17,21H,5,8-13,15-16H2,1-4H3,(H2,29,31)(H2,30,32)(H,39,40,41);4-5,12,15,19H,3,6-11,13-14,27H2,1-2H3,(H2,28,30)(H2,29,31)(H,37,38,39)/b2*33-24-;32-22-/t2*21-;19-/m111/s1. The number of hydrogen-bond donors (Lipinski definition) is 10. The zero-order valence-electron chi connectivity index (χ0n) is 76.8. The summed E-state index contributed by atoms with van der Waals surface area (Å²) in [4.78, 5) is 130. The van der Waals surface area contributed by atoms with Crippen molar-refractivity contribution in [2.45, 2.75) is 136 Å². The number of aliphatic imine (C=N–C) groups is 3. The Balaban J connectivity index is 0.000000211. The van der Waals surface area contributed by atoms with Gasteiger partial charge in [-0.3, -0.25) is 57.4 Å². The predicted octanol–water partition coefficient (Wildman–Crippen LogP) is 2.64. The molecule has 9 heterocycles. The summed E-state index contributed by atoms with van der Waals surface area (Å²) in [5, 5.41) is 18.7. The molecule has 17 N–H and O–H groups in total. The Morgan fingerprint density at radius 1 is 0.441 bits per heavy atom. The number of carbonyl (C=O) groups excluding carboxylic acids is 6. The molecular weight excluding hydrogens is 1900 g/mol. The number of hydrogen-bond acceptors (Lipinski definition) is 39. The number of ether oxygens (including phenoxy) is 3. The minimum Gasteiger partial charge on any atom is -0.490 e. The Morgan fingerprint density at radius 3 is 0.949 bits per heavy atom. The number of β-lactam (4-membered cyclic amide) rings is 3. The van der Waals surface area contributed by atoms with Crippen LogP contribution in [0.15, 0.2) is 101 Å². The van der Waals surface area contributed by atoms with Crippen molar-refractivity contribution in [1.82, 2.24) is 54.6 Å². The van der Waals surface area contributed by atoms with Gasteiger partial charge in [0.1, 0.15) is 54.2 Å². The lowest BCUT2D eigenvalue weighted by Crippen LogP contribution is -2.68. The molecule has 0 radical (unpaired) electrons. The average molecular weight is 2010 g/mol. The maximum atomic E-state index is 13.2. The molecule has 54 heteroatoms. The highest BCUT2D eigenvalue weighted by molar-refractivity contribution is 7.81. The Labute approximate surface area is 798 Å². The fraction of sp³-hybridized carbons (Fsp3) is 0.524. The van der Waals surface area contributed by atoms with Crippen LogP contribution in [-0.4, -0.2) is 307 Å². The molecule has 136 heavy (non-hydrogen) atoms. The highest BCUT2D eigenvalue weighted by Gasteiger charge is 2.60. The van der Waals surface area contributed by atoms with E-state index < -0.39 is 101 Å². The number of nitrogens with zero attached hydrogens (tertiary/aromatic N) is 17. The van der Waals surface area contributed by atoms with Crippen molar-refractivity contribution in [3.05, 3.63) is 121 Å². The number of guanidine groups is 3. The van der Waals surface area contributed by atoms with E-state index in [-0.39, 0.29) is 109 Å². The second kappa shape index (κ2) is 47.0. The Morgan fingerprint density at radius 2 is 0.713 bits per heavy atom. The van der Waals surface area contributed by atoms with Gasteiger partial charge in [-0.15, -0.1) is 46.9 Å². The Bertz CT molecular complexity index is 5590. The number of anilines is 3. The van der Waals surface area contributed by atoms with E-state index in [1.807, 2.05) is 87.7 Å². The molecule has 0 bridgehead atoms. The van der Waals surface area contributed by atoms with E-state index in [2.05, 4.69) is 77.8 Å². The predicted molar refractivity (Wildman–Crippen MR) is 505 cm³/mol. The molecule has 3 amide bonds. The van der Waals surface area contributed by atoms with Gasteiger partial charge in [0.25, 0.3) is 17.7 Å². The van der Waals surface area contributed by atoms with Gasteiger partial charge in [0, 0.05) is 94.3 Å². The van der Waals surface area contributed by atoms with Crippen LogP contribution >= 0.6 is 34.0 Å². The SMILES string of the molecule is CC1(C)[C@H](CC(=O)/C(=N\OCCOc2ccc3c(c2)CCN(C(N)=NCCCN)C3)c2csc(N)n2)C(=O)N1OS(=O)(=O)O.CN(C)CCCN=C(N)N1CCc2cc(OCCO/N=C(\C(=O)C[C@@H]3C(=O)N(OS(=O)(=O)O)C3(C)C)c3csc(N)n3)ccc2C1.CN(C)CCCN=C(N)N1CCc2cc(OCCO/N=C(\C(=O)C[C@@H]3C(=O)N(OS(=O)(=O)O)C3(C)C)c3csc(N)n3)ccc2C1. The molecule has 6 aliphatic rings. The van der Waals surface area contributed by atoms with Gasteiger partial charge in [-0.25, -0.2) is 15.0 Å². The van der Waals surface area contributed by atoms with Crippen LogP contribution < -0.4 is 54.3 Å². The number of carbonyl (C=O) groups is 6. The average Bonchev–Trinajstić information content (AvgIpc) is 0.854. The highest BCUT2D eigenvalue weighted by Crippen LogP contribution is 2.44. The van der Waals surface area contributed by atoms with Gasteiger partial charge in [-0.1, -0.05) is 33.7 Å². The van der Waals surface area contributed by atoms with Crippen LogP contribution in [-0.2, 0) is 126 Å². The largest absolute Gasteiger partial charge is 0.490 e. The topological polar surface area (TPSA) is 669 Å². The van der Waals surface area contributed by atoms with Crippen molar-refractivity contribution < 1.29 is 109 Å². The second-order valence-electron chi connectivity index (χ2n) is 34.0. The first-order valence-electron chi connectivity index (χ1n) is 42.9. The zero-order valence-corrected chi connectivity index (χ0v) is 81.7. The maximum absolute atomic E-state index is 13.2. The van der Waals surface area contributed by atoms with Crippen molar-refractivity contribution in [3.8, 4) is 17.2 Å². The quantitative estimate of drug-likeness (QED) is 0.00656. The lowest BCUT2D eigenvalue weighted by molar-refractivity contribution is -0.228. The van der Waals surface area contributed by atoms with E-state index in [0.717, 1.165) is 139 Å². The number of benzene rings is 3. The monoisotopic (exact) mass is 2010 g/mol. The van der Waals surface area contributed by atoms with Crippen LogP contribution in [0, 0.1) is 17.8 Å². The minimum atomic E-state index is -4.92. The van der Waals surface area contributed by atoms with Crippen molar-refractivity contribution >= 4 is 151 Å². The summed E-state index contributed by atoms with van der Waals surface area (Å²) < 4.78 is 124. The molecule has 48 nitrogen and oxygen atoms in total. The number of nitrogens with two attached hydrogens (primary N) is 7. The van der Waals surface area contributed by atoms with E-state index in [0.29, 0.717) is 96.1 Å². The molecule has 6 aliphatic heterocycles. The van der Waals surface area contributed by atoms with Crippen LogP contribution in [0.1, 0.15) is 131 Å². The number of nitrogen functional groups attached to an aromatic ring is 3. The van der Waals surface area contributed by atoms with E-state index in [4.69, 9.17) is 82.5 Å². The number of ketones is 3. The summed E-state index contributed by atoms with van der Waals surface area (Å²) >= 11 is 3.30. The lowest BCUT2D eigenvalue weighted by Gasteiger charge is -2.50. The molecule has 6 aromatic rings. The van der Waals surface area contributed by atoms with Crippen LogP contribution in [0.5, 0.6) is 17.2 Å². The van der Waals surface area contributed by atoms with Crippen LogP contribution in [0.3, 0.4) is 0 Å². The molecule has 0 saturated carbocycles. The van der Waals surface area contributed by atoms with Crippen LogP contribution in [0.2, 0.25) is 0 Å². The smallest absolute Gasteiger partial charge is 0.418 e. The third kappa shape index (κ3) is 29.5. The van der Waals surface area contributed by atoms with E-state index in [9.17, 15) is 54.0 Å². The third-order valence-electron chi connectivity index (χ3n) is 22.4. The molecule has 744 valence electrons. The van der Waals surface area contributed by atoms with Crippen molar-refractivity contribution in [1.29, 1.82) is 0 Å². The second-order valence-corrected chi connectivity index (χ2v) is 39.6. The molecule has 3 atom stereocenters. The number of Topliss-reactive ketones (excluding diaryl/α,β-unsaturated/α-hetero) is 3. The number of fused-ring (bicyclic) bond motifs is 3. The highest BCUT2D eigenvalue weighted by atomic mass is 32.3. The zero-order chi connectivity index (χ0) is 99.4. The van der Waals surface area contributed by atoms with Gasteiger partial charge in [0.15, 0.2) is 87.6 Å². The normalized spacial score (nSPS) is 18.4. The maximum Gasteiger partial charge on any atom is 0.418 e. The molecule has 3 aromatic heterocycles. The summed E-state index contributed by atoms with van der Waals surface area (Å²) in [5.74, 6) is -3.33. The van der Waals surface area contributed by atoms with Gasteiger partial charge in [-0.05, 0) is 198 Å². The van der Waals surface area contributed by atoms with Gasteiger partial charge in [0.05, 0.1) is 34.4 Å². The molecule has 3 saturated heterocycles. The van der Waals surface area contributed by atoms with Crippen molar-refractivity contribution in [2.75, 3.05) is 144 Å². The van der Waals surface area contributed by atoms with Gasteiger partial charge < -0.3 is 93.4 Å². The first-order chi connectivity index (χ1) is 64.1. The summed E-state index contributed by atoms with van der Waals surface area (Å²) in [6.07, 6.45) is 4.03. The van der Waals surface area contributed by atoms with Gasteiger partial charge in [0.2, 0.25) is 0 Å². The van der Waals surface area contributed by atoms with Crippen LogP contribution in [0.25, 0.3) is 0 Å². The lowest BCUT2D eigenvalue weighted by atomic mass is 9.74. The number of thiazole rings is 3. The Hall–Kier alpha value is -11.5. The van der Waals surface area contributed by atoms with Crippen molar-refractivity contribution in [3.63, 3.8) is 0 Å². The van der Waals surface area contributed by atoms with Crippen LogP contribution in [0.4, 0.5) is 15.4 Å². The molecular formula is C82H116N24O24S6. The number of amides is 3. The first-order valence-corrected chi connectivity index (χ1v) is 49.6. The Kier molecular flexibility index (Phi) is 36.8. The number of aromatic nitrogens is 3. The fourth-order valence-corrected chi connectivity index (χ4v) is 18.0. The molecule has 12 rings (SSSR count). The minimum absolute atomic E-state index is 0.000882. The van der Waals surface area contributed by atoms with E-state index in [1.165, 1.54) is 57.7 Å². The van der Waals surface area contributed by atoms with Crippen molar-refractivity contribution in [2.24, 2.45) is 71.1 Å². The van der Waals surface area contributed by atoms with E-state index in [1.54, 1.807) is 0 Å². The van der Waals surface area contributed by atoms with Gasteiger partial charge >= 0.3 is 31.2 Å². The fourth-order valence-electron chi connectivity index (χ4n) is 15.0. The van der Waals surface area contributed by atoms with Gasteiger partial charge in [-0.2, -0.15) is 40.4 Å². The number of rotatable bonds is 44. The number of oxime groups is 3. The molecule has 0 aliphatic carbocycles. The first kappa shape index (κ1) is 107.